The van der Waals surface area contributed by atoms with Crippen molar-refractivity contribution in [3.63, 3.8) is 0 Å². The van der Waals surface area contributed by atoms with E-state index in [4.69, 9.17) is 11.6 Å². The summed E-state index contributed by atoms with van der Waals surface area (Å²) in [6.07, 6.45) is 15.4. The van der Waals surface area contributed by atoms with Crippen molar-refractivity contribution in [1.29, 1.82) is 0 Å². The molecule has 0 fully saturated rings. The summed E-state index contributed by atoms with van der Waals surface area (Å²) < 4.78 is 0. The number of allylic oxidation sites excluding steroid dienone is 1. The lowest BCUT2D eigenvalue weighted by atomic mass is 10.1. The summed E-state index contributed by atoms with van der Waals surface area (Å²) in [5, 5.41) is 0.365. The van der Waals surface area contributed by atoms with Crippen LogP contribution in [0.4, 0.5) is 0 Å². The molecule has 0 aliphatic carbocycles. The first-order valence-corrected chi connectivity index (χ1v) is 6.96. The van der Waals surface area contributed by atoms with Gasteiger partial charge in [-0.1, -0.05) is 51.0 Å². The number of hydrogen-bond acceptors (Lipinski definition) is 0. The van der Waals surface area contributed by atoms with E-state index in [2.05, 4.69) is 13.5 Å². The van der Waals surface area contributed by atoms with Crippen LogP contribution in [0.5, 0.6) is 0 Å². The molecule has 0 aromatic heterocycles. The van der Waals surface area contributed by atoms with Gasteiger partial charge in [0, 0.05) is 5.38 Å². The Kier molecular flexibility index (Phi) is 12.1. The van der Waals surface area contributed by atoms with Crippen molar-refractivity contribution >= 4 is 11.6 Å². The summed E-state index contributed by atoms with van der Waals surface area (Å²) in [5.74, 6) is 0. The molecular formula is C14H27Cl. The Morgan fingerprint density at radius 2 is 1.40 bits per heavy atom. The maximum atomic E-state index is 5.88. The molecule has 0 radical (unpaired) electrons. The van der Waals surface area contributed by atoms with Crippen LogP contribution in [0.3, 0.4) is 0 Å². The largest absolute Gasteiger partial charge is 0.123 e. The van der Waals surface area contributed by atoms with E-state index in [0.29, 0.717) is 5.38 Å². The third-order valence-corrected chi connectivity index (χ3v) is 2.98. The molecule has 15 heavy (non-hydrogen) atoms. The number of unbranched alkanes of at least 4 members (excludes halogenated alkanes) is 8. The van der Waals surface area contributed by atoms with E-state index in [1.807, 2.05) is 6.08 Å². The first-order valence-electron chi connectivity index (χ1n) is 6.52. The molecule has 0 amide bonds. The van der Waals surface area contributed by atoms with Gasteiger partial charge in [-0.3, -0.25) is 0 Å². The smallest absolute Gasteiger partial charge is 0.0307 e. The van der Waals surface area contributed by atoms with Gasteiger partial charge in [-0.15, -0.1) is 18.2 Å². The maximum absolute atomic E-state index is 5.88. The SMILES string of the molecule is C=CCCCCCCCCCCC(C)Cl. The number of rotatable bonds is 11. The lowest BCUT2D eigenvalue weighted by Gasteiger charge is -2.03. The minimum absolute atomic E-state index is 0.365. The monoisotopic (exact) mass is 230 g/mol. The van der Waals surface area contributed by atoms with Crippen molar-refractivity contribution in [2.24, 2.45) is 0 Å². The summed E-state index contributed by atoms with van der Waals surface area (Å²) in [4.78, 5) is 0. The van der Waals surface area contributed by atoms with Gasteiger partial charge in [-0.2, -0.15) is 0 Å². The van der Waals surface area contributed by atoms with Gasteiger partial charge in [-0.25, -0.2) is 0 Å². The van der Waals surface area contributed by atoms with Gasteiger partial charge in [0.1, 0.15) is 0 Å². The molecule has 0 N–H and O–H groups in total. The van der Waals surface area contributed by atoms with E-state index in [-0.39, 0.29) is 0 Å². The van der Waals surface area contributed by atoms with Crippen LogP contribution in [0.2, 0.25) is 0 Å². The molecule has 90 valence electrons. The highest BCUT2D eigenvalue weighted by Crippen LogP contribution is 2.12. The molecule has 0 heterocycles. The minimum atomic E-state index is 0.365. The van der Waals surface area contributed by atoms with E-state index in [1.54, 1.807) is 0 Å². The Bertz CT molecular complexity index is 129. The van der Waals surface area contributed by atoms with Crippen LogP contribution < -0.4 is 0 Å². The van der Waals surface area contributed by atoms with Gasteiger partial charge in [0.2, 0.25) is 0 Å². The van der Waals surface area contributed by atoms with E-state index in [9.17, 15) is 0 Å². The second kappa shape index (κ2) is 12.1. The molecule has 0 aromatic carbocycles. The van der Waals surface area contributed by atoms with Crippen LogP contribution in [0.25, 0.3) is 0 Å². The number of halogens is 1. The van der Waals surface area contributed by atoms with Gasteiger partial charge in [0.15, 0.2) is 0 Å². The second-order valence-corrected chi connectivity index (χ2v) is 5.22. The molecule has 0 aliphatic heterocycles. The van der Waals surface area contributed by atoms with Crippen molar-refractivity contribution in [2.45, 2.75) is 76.5 Å². The first kappa shape index (κ1) is 15.0. The highest BCUT2D eigenvalue weighted by atomic mass is 35.5. The predicted octanol–water partition coefficient (Wildman–Crippen LogP) is 5.70. The topological polar surface area (TPSA) is 0 Å². The van der Waals surface area contributed by atoms with E-state index in [1.165, 1.54) is 64.2 Å². The van der Waals surface area contributed by atoms with Gasteiger partial charge in [0.25, 0.3) is 0 Å². The molecule has 0 nitrogen and oxygen atoms in total. The molecule has 0 aliphatic rings. The molecule has 1 unspecified atom stereocenters. The molecule has 1 heteroatoms. The Hall–Kier alpha value is 0.0300. The Balaban J connectivity index is 2.89. The molecule has 0 rings (SSSR count). The third-order valence-electron chi connectivity index (χ3n) is 2.76. The minimum Gasteiger partial charge on any atom is -0.123 e. The molecule has 1 atom stereocenters. The van der Waals surface area contributed by atoms with Crippen molar-refractivity contribution in [1.82, 2.24) is 0 Å². The average molecular weight is 231 g/mol. The van der Waals surface area contributed by atoms with Crippen LogP contribution in [-0.2, 0) is 0 Å². The summed E-state index contributed by atoms with van der Waals surface area (Å²) in [5.41, 5.74) is 0. The molecule has 0 spiro atoms. The van der Waals surface area contributed by atoms with E-state index in [0.717, 1.165) is 0 Å². The van der Waals surface area contributed by atoms with Crippen LogP contribution in [0.1, 0.15) is 71.1 Å². The van der Waals surface area contributed by atoms with Crippen LogP contribution in [0.15, 0.2) is 12.7 Å². The first-order chi connectivity index (χ1) is 7.27. The summed E-state index contributed by atoms with van der Waals surface area (Å²) >= 11 is 5.88. The molecule has 0 saturated heterocycles. The average Bonchev–Trinajstić information content (AvgIpc) is 2.20. The zero-order valence-corrected chi connectivity index (χ0v) is 11.1. The normalized spacial score (nSPS) is 12.7. The van der Waals surface area contributed by atoms with Gasteiger partial charge in [0.05, 0.1) is 0 Å². The lowest BCUT2D eigenvalue weighted by molar-refractivity contribution is 0.559. The predicted molar refractivity (Wildman–Crippen MR) is 71.7 cm³/mol. The molecule has 0 aromatic rings. The summed E-state index contributed by atoms with van der Waals surface area (Å²) in [6.45, 7) is 5.82. The second-order valence-electron chi connectivity index (χ2n) is 4.48. The van der Waals surface area contributed by atoms with E-state index >= 15 is 0 Å². The van der Waals surface area contributed by atoms with E-state index < -0.39 is 0 Å². The Labute approximate surface area is 101 Å². The van der Waals surface area contributed by atoms with Crippen LogP contribution in [0, 0.1) is 0 Å². The highest BCUT2D eigenvalue weighted by molar-refractivity contribution is 6.20. The third kappa shape index (κ3) is 14.0. The maximum Gasteiger partial charge on any atom is 0.0307 e. The fraction of sp³-hybridized carbons (Fsp3) is 0.857. The van der Waals surface area contributed by atoms with Gasteiger partial charge in [-0.05, 0) is 26.2 Å². The zero-order chi connectivity index (χ0) is 11.4. The fourth-order valence-electron chi connectivity index (χ4n) is 1.77. The number of alkyl halides is 1. The van der Waals surface area contributed by atoms with Crippen molar-refractivity contribution in [2.75, 3.05) is 0 Å². The zero-order valence-electron chi connectivity index (χ0n) is 10.3. The molecule has 0 saturated carbocycles. The molecular weight excluding hydrogens is 204 g/mol. The molecule has 0 bridgehead atoms. The van der Waals surface area contributed by atoms with Crippen LogP contribution >= 0.6 is 11.6 Å². The lowest BCUT2D eigenvalue weighted by Crippen LogP contribution is -1.90. The quantitative estimate of drug-likeness (QED) is 0.243. The fourth-order valence-corrected chi connectivity index (χ4v) is 1.93. The standard InChI is InChI=1S/C14H27Cl/c1-3-4-5-6-7-8-9-10-11-12-13-14(2)15/h3,14H,1,4-13H2,2H3. The van der Waals surface area contributed by atoms with Crippen molar-refractivity contribution in [3.05, 3.63) is 12.7 Å². The number of hydrogen-bond donors (Lipinski definition) is 0. The highest BCUT2D eigenvalue weighted by Gasteiger charge is 1.96. The Morgan fingerprint density at radius 1 is 0.933 bits per heavy atom. The van der Waals surface area contributed by atoms with Gasteiger partial charge < -0.3 is 0 Å². The Morgan fingerprint density at radius 3 is 1.87 bits per heavy atom. The van der Waals surface area contributed by atoms with Crippen LogP contribution in [-0.4, -0.2) is 5.38 Å². The summed E-state index contributed by atoms with van der Waals surface area (Å²) in [7, 11) is 0. The van der Waals surface area contributed by atoms with Crippen molar-refractivity contribution in [3.8, 4) is 0 Å². The van der Waals surface area contributed by atoms with Gasteiger partial charge >= 0.3 is 0 Å². The van der Waals surface area contributed by atoms with Crippen molar-refractivity contribution < 1.29 is 0 Å². The summed E-state index contributed by atoms with van der Waals surface area (Å²) in [6, 6.07) is 0.